The van der Waals surface area contributed by atoms with Gasteiger partial charge < -0.3 is 18.9 Å². The number of ether oxygens (including phenoxy) is 4. The van der Waals surface area contributed by atoms with E-state index in [9.17, 15) is 0 Å². The highest BCUT2D eigenvalue weighted by Crippen LogP contribution is 2.33. The lowest BCUT2D eigenvalue weighted by Gasteiger charge is -2.18. The number of benzene rings is 4. The molecule has 0 N–H and O–H groups in total. The predicted octanol–water partition coefficient (Wildman–Crippen LogP) is 11.8. The number of allylic oxidation sites excluding steroid dienone is 16. The molecular formula is C48H40O4. The molecule has 0 atom stereocenters. The van der Waals surface area contributed by atoms with Crippen LogP contribution < -0.4 is 0 Å². The maximum atomic E-state index is 6.30. The third kappa shape index (κ3) is 9.68. The number of methoxy groups -OCH3 is 2. The second-order valence-electron chi connectivity index (χ2n) is 11.7. The molecule has 0 spiro atoms. The van der Waals surface area contributed by atoms with Crippen LogP contribution in [0.2, 0.25) is 0 Å². The van der Waals surface area contributed by atoms with E-state index < -0.39 is 0 Å². The van der Waals surface area contributed by atoms with Crippen LogP contribution in [0.5, 0.6) is 0 Å². The summed E-state index contributed by atoms with van der Waals surface area (Å²) in [4.78, 5) is 0. The van der Waals surface area contributed by atoms with Gasteiger partial charge in [-0.15, -0.1) is 0 Å². The summed E-state index contributed by atoms with van der Waals surface area (Å²) < 4.78 is 23.9. The van der Waals surface area contributed by atoms with Crippen LogP contribution in [0, 0.1) is 0 Å². The molecular weight excluding hydrogens is 641 g/mol. The van der Waals surface area contributed by atoms with Crippen LogP contribution in [0.4, 0.5) is 0 Å². The van der Waals surface area contributed by atoms with E-state index in [2.05, 4.69) is 12.2 Å². The first kappa shape index (κ1) is 35.1. The summed E-state index contributed by atoms with van der Waals surface area (Å²) in [7, 11) is 3.26. The molecule has 4 heteroatoms. The van der Waals surface area contributed by atoms with Crippen molar-refractivity contribution >= 4 is 23.0 Å². The van der Waals surface area contributed by atoms with Gasteiger partial charge in [-0.25, -0.2) is 0 Å². The fourth-order valence-electron chi connectivity index (χ4n) is 5.46. The molecule has 2 aliphatic heterocycles. The van der Waals surface area contributed by atoms with E-state index in [1.165, 1.54) is 0 Å². The van der Waals surface area contributed by atoms with Crippen molar-refractivity contribution in [1.82, 2.24) is 0 Å². The highest BCUT2D eigenvalue weighted by atomic mass is 16.5. The quantitative estimate of drug-likeness (QED) is 0.110. The van der Waals surface area contributed by atoms with Crippen molar-refractivity contribution in [1.29, 1.82) is 0 Å². The Balaban J connectivity index is 1.16. The van der Waals surface area contributed by atoms with Crippen LogP contribution in [0.25, 0.3) is 23.0 Å². The molecule has 0 aliphatic carbocycles. The van der Waals surface area contributed by atoms with E-state index in [1.54, 1.807) is 14.2 Å². The van der Waals surface area contributed by atoms with Gasteiger partial charge >= 0.3 is 0 Å². The maximum absolute atomic E-state index is 6.30. The van der Waals surface area contributed by atoms with Gasteiger partial charge in [0.2, 0.25) is 0 Å². The van der Waals surface area contributed by atoms with Gasteiger partial charge in [0, 0.05) is 22.3 Å². The topological polar surface area (TPSA) is 36.9 Å². The fourth-order valence-corrected chi connectivity index (χ4v) is 5.46. The summed E-state index contributed by atoms with van der Waals surface area (Å²) in [6.07, 6.45) is 27.8. The Kier molecular flexibility index (Phi) is 12.3. The molecule has 4 nitrogen and oxygen atoms in total. The Morgan fingerprint density at radius 1 is 0.385 bits per heavy atom. The molecule has 0 amide bonds. The zero-order valence-electron chi connectivity index (χ0n) is 29.3. The second kappa shape index (κ2) is 18.3. The van der Waals surface area contributed by atoms with Gasteiger partial charge in [-0.2, -0.15) is 0 Å². The normalized spacial score (nSPS) is 15.0. The SMILES string of the molecule is COC(/C=C/C=C/C=C1C=C(c2ccccc2)OC(c2ccccc2)=C1)=C(\C=C\C=C\C=C1C=C(c2ccccc2)OC(c2ccccc2)=C1)OC. The zero-order chi connectivity index (χ0) is 35.8. The van der Waals surface area contributed by atoms with Gasteiger partial charge in [-0.05, 0) is 47.6 Å². The van der Waals surface area contributed by atoms with E-state index in [4.69, 9.17) is 18.9 Å². The number of rotatable bonds is 12. The first-order valence-electron chi connectivity index (χ1n) is 17.1. The van der Waals surface area contributed by atoms with Crippen molar-refractivity contribution in [3.05, 3.63) is 251 Å². The first-order valence-corrected chi connectivity index (χ1v) is 17.1. The first-order chi connectivity index (χ1) is 25.7. The predicted molar refractivity (Wildman–Crippen MR) is 214 cm³/mol. The van der Waals surface area contributed by atoms with Gasteiger partial charge in [-0.3, -0.25) is 0 Å². The lowest BCUT2D eigenvalue weighted by atomic mass is 10.0. The molecule has 52 heavy (non-hydrogen) atoms. The Hall–Kier alpha value is -6.78. The maximum Gasteiger partial charge on any atom is 0.160 e. The second-order valence-corrected chi connectivity index (χ2v) is 11.7. The Bertz CT molecular complexity index is 1880. The average molecular weight is 681 g/mol. The third-order valence-corrected chi connectivity index (χ3v) is 8.06. The van der Waals surface area contributed by atoms with Crippen LogP contribution >= 0.6 is 0 Å². The molecule has 0 fully saturated rings. The molecule has 6 rings (SSSR count). The minimum absolute atomic E-state index is 0.599. The summed E-state index contributed by atoms with van der Waals surface area (Å²) in [5, 5.41) is 0. The summed E-state index contributed by atoms with van der Waals surface area (Å²) in [5.41, 5.74) is 6.13. The van der Waals surface area contributed by atoms with Gasteiger partial charge in [0.25, 0.3) is 0 Å². The van der Waals surface area contributed by atoms with Crippen molar-refractivity contribution in [2.24, 2.45) is 0 Å². The average Bonchev–Trinajstić information content (AvgIpc) is 3.22. The Morgan fingerprint density at radius 2 is 0.673 bits per heavy atom. The van der Waals surface area contributed by atoms with E-state index >= 15 is 0 Å². The number of hydrogen-bond donors (Lipinski definition) is 0. The highest BCUT2D eigenvalue weighted by Gasteiger charge is 2.15. The highest BCUT2D eigenvalue weighted by molar-refractivity contribution is 5.79. The van der Waals surface area contributed by atoms with Crippen LogP contribution in [-0.4, -0.2) is 14.2 Å². The van der Waals surface area contributed by atoms with Crippen molar-refractivity contribution in [2.75, 3.05) is 14.2 Å². The monoisotopic (exact) mass is 680 g/mol. The summed E-state index contributed by atoms with van der Waals surface area (Å²) in [6, 6.07) is 40.5. The largest absolute Gasteiger partial charge is 0.493 e. The van der Waals surface area contributed by atoms with E-state index in [1.807, 2.05) is 194 Å². The standard InChI is InChI=1S/C48H40O4/c1-49-43(31-19-3-9-21-37-33-45(39-23-11-5-12-24-39)51-46(34-37)40-25-13-6-14-26-40)44(50-2)32-20-4-10-22-38-35-47(41-27-15-7-16-28-41)52-48(36-38)42-29-17-8-18-30-42/h3-36H,1-2H3/b9-3+,10-4+,31-19+,32-20+,44-43+. The van der Waals surface area contributed by atoms with Crippen LogP contribution in [0.3, 0.4) is 0 Å². The van der Waals surface area contributed by atoms with Crippen molar-refractivity contribution < 1.29 is 18.9 Å². The lowest BCUT2D eigenvalue weighted by molar-refractivity contribution is 0.241. The summed E-state index contributed by atoms with van der Waals surface area (Å²) >= 11 is 0. The van der Waals surface area contributed by atoms with Crippen molar-refractivity contribution in [3.8, 4) is 0 Å². The smallest absolute Gasteiger partial charge is 0.160 e. The van der Waals surface area contributed by atoms with Gasteiger partial charge in [0.15, 0.2) is 11.5 Å². The van der Waals surface area contributed by atoms with Gasteiger partial charge in [0.05, 0.1) is 14.2 Å². The van der Waals surface area contributed by atoms with Crippen molar-refractivity contribution in [2.45, 2.75) is 0 Å². The van der Waals surface area contributed by atoms with Gasteiger partial charge in [-0.1, -0.05) is 170 Å². The van der Waals surface area contributed by atoms with Gasteiger partial charge in [0.1, 0.15) is 23.0 Å². The van der Waals surface area contributed by atoms with E-state index in [-0.39, 0.29) is 0 Å². The minimum Gasteiger partial charge on any atom is -0.493 e. The van der Waals surface area contributed by atoms with E-state index in [0.29, 0.717) is 11.5 Å². The molecule has 0 radical (unpaired) electrons. The molecule has 0 aromatic heterocycles. The molecule has 2 heterocycles. The van der Waals surface area contributed by atoms with Crippen LogP contribution in [0.1, 0.15) is 22.3 Å². The third-order valence-electron chi connectivity index (χ3n) is 8.06. The van der Waals surface area contributed by atoms with E-state index in [0.717, 1.165) is 56.4 Å². The molecule has 4 aromatic rings. The van der Waals surface area contributed by atoms with Crippen LogP contribution in [-0.2, 0) is 18.9 Å². The van der Waals surface area contributed by atoms with Crippen LogP contribution in [0.15, 0.2) is 229 Å². The molecule has 0 saturated carbocycles. The minimum atomic E-state index is 0.599. The molecule has 256 valence electrons. The summed E-state index contributed by atoms with van der Waals surface area (Å²) in [5.74, 6) is 4.41. The molecule has 2 aliphatic rings. The zero-order valence-corrected chi connectivity index (χ0v) is 29.3. The molecule has 0 bridgehead atoms. The molecule has 4 aromatic carbocycles. The summed E-state index contributed by atoms with van der Waals surface area (Å²) in [6.45, 7) is 0. The molecule has 0 saturated heterocycles. The fraction of sp³-hybridized carbons (Fsp3) is 0.0417. The Morgan fingerprint density at radius 3 is 0.942 bits per heavy atom. The molecule has 0 unspecified atom stereocenters. The number of hydrogen-bond acceptors (Lipinski definition) is 4. The van der Waals surface area contributed by atoms with Crippen molar-refractivity contribution in [3.63, 3.8) is 0 Å². The lowest BCUT2D eigenvalue weighted by Crippen LogP contribution is -1.99. The Labute approximate surface area is 306 Å².